The molecule has 0 aromatic rings. The lowest BCUT2D eigenvalue weighted by Gasteiger charge is -2.34. The standard InChI is InChI=1S/C8H14O5/c1-4-3-5(9)8(12-2)13-6(4)7(10)11/h4-6,8-9H,3H2,1-2H3,(H,10,11)/t4-,5+,6?,8?/m0/s1. The van der Waals surface area contributed by atoms with E-state index in [9.17, 15) is 9.90 Å². The van der Waals surface area contributed by atoms with Gasteiger partial charge in [-0.2, -0.15) is 0 Å². The summed E-state index contributed by atoms with van der Waals surface area (Å²) < 4.78 is 9.85. The van der Waals surface area contributed by atoms with Crippen LogP contribution in [0.1, 0.15) is 13.3 Å². The second-order valence-corrected chi connectivity index (χ2v) is 3.28. The van der Waals surface area contributed by atoms with Crippen LogP contribution in [0.15, 0.2) is 0 Å². The van der Waals surface area contributed by atoms with Gasteiger partial charge in [-0.05, 0) is 12.3 Å². The first-order valence-corrected chi connectivity index (χ1v) is 4.15. The summed E-state index contributed by atoms with van der Waals surface area (Å²) in [5.41, 5.74) is 0. The highest BCUT2D eigenvalue weighted by Gasteiger charge is 2.38. The second kappa shape index (κ2) is 4.04. The summed E-state index contributed by atoms with van der Waals surface area (Å²) in [7, 11) is 1.38. The molecule has 0 bridgehead atoms. The van der Waals surface area contributed by atoms with E-state index in [0.717, 1.165) is 0 Å². The van der Waals surface area contributed by atoms with Crippen LogP contribution in [0.3, 0.4) is 0 Å². The third kappa shape index (κ3) is 2.18. The van der Waals surface area contributed by atoms with Gasteiger partial charge in [0.25, 0.3) is 0 Å². The highest BCUT2D eigenvalue weighted by atomic mass is 16.7. The van der Waals surface area contributed by atoms with Gasteiger partial charge >= 0.3 is 5.97 Å². The first kappa shape index (κ1) is 10.4. The van der Waals surface area contributed by atoms with Gasteiger partial charge in [0.05, 0.1) is 0 Å². The average molecular weight is 190 g/mol. The van der Waals surface area contributed by atoms with Gasteiger partial charge < -0.3 is 19.7 Å². The van der Waals surface area contributed by atoms with Crippen molar-refractivity contribution in [2.45, 2.75) is 31.8 Å². The molecule has 1 heterocycles. The monoisotopic (exact) mass is 190 g/mol. The minimum Gasteiger partial charge on any atom is -0.479 e. The van der Waals surface area contributed by atoms with Crippen molar-refractivity contribution in [3.05, 3.63) is 0 Å². The molecule has 2 unspecified atom stereocenters. The van der Waals surface area contributed by atoms with Crippen LogP contribution in [0, 0.1) is 5.92 Å². The Morgan fingerprint density at radius 3 is 2.69 bits per heavy atom. The lowest BCUT2D eigenvalue weighted by Crippen LogP contribution is -2.47. The molecule has 0 spiro atoms. The molecule has 1 rings (SSSR count). The maximum atomic E-state index is 10.7. The van der Waals surface area contributed by atoms with Crippen molar-refractivity contribution < 1.29 is 24.5 Å². The Morgan fingerprint density at radius 2 is 2.23 bits per heavy atom. The summed E-state index contributed by atoms with van der Waals surface area (Å²) in [4.78, 5) is 10.7. The highest BCUT2D eigenvalue weighted by Crippen LogP contribution is 2.25. The fourth-order valence-corrected chi connectivity index (χ4v) is 1.50. The van der Waals surface area contributed by atoms with Gasteiger partial charge in [-0.15, -0.1) is 0 Å². The molecule has 0 radical (unpaired) electrons. The van der Waals surface area contributed by atoms with Crippen LogP contribution in [0.25, 0.3) is 0 Å². The number of methoxy groups -OCH3 is 1. The van der Waals surface area contributed by atoms with Crippen LogP contribution < -0.4 is 0 Å². The Morgan fingerprint density at radius 1 is 1.62 bits per heavy atom. The van der Waals surface area contributed by atoms with E-state index in [2.05, 4.69) is 0 Å². The van der Waals surface area contributed by atoms with Gasteiger partial charge in [-0.25, -0.2) is 4.79 Å². The minimum atomic E-state index is -1.01. The lowest BCUT2D eigenvalue weighted by atomic mass is 9.94. The van der Waals surface area contributed by atoms with Gasteiger partial charge in [0.15, 0.2) is 12.4 Å². The number of aliphatic hydroxyl groups is 1. The molecule has 0 aromatic carbocycles. The quantitative estimate of drug-likeness (QED) is 0.632. The predicted octanol–water partition coefficient (Wildman–Crippen LogP) is -0.171. The summed E-state index contributed by atoms with van der Waals surface area (Å²) >= 11 is 0. The molecule has 4 atom stereocenters. The van der Waals surface area contributed by atoms with E-state index in [1.54, 1.807) is 6.92 Å². The molecule has 1 aliphatic heterocycles. The normalized spacial score (nSPS) is 40.2. The molecule has 2 N–H and O–H groups in total. The number of aliphatic hydroxyl groups excluding tert-OH is 1. The lowest BCUT2D eigenvalue weighted by molar-refractivity contribution is -0.245. The van der Waals surface area contributed by atoms with E-state index in [1.165, 1.54) is 7.11 Å². The number of carboxylic acid groups (broad SMARTS) is 1. The summed E-state index contributed by atoms with van der Waals surface area (Å²) in [5.74, 6) is -1.21. The number of carboxylic acids is 1. The van der Waals surface area contributed by atoms with Crippen LogP contribution in [0.5, 0.6) is 0 Å². The number of aliphatic carboxylic acids is 1. The smallest absolute Gasteiger partial charge is 0.333 e. The SMILES string of the molecule is COC1OC(C(=O)O)[C@@H](C)C[C@H]1O. The first-order chi connectivity index (χ1) is 6.06. The third-order valence-electron chi connectivity index (χ3n) is 2.20. The van der Waals surface area contributed by atoms with Crippen molar-refractivity contribution in [3.63, 3.8) is 0 Å². The fraction of sp³-hybridized carbons (Fsp3) is 0.875. The molecule has 1 saturated heterocycles. The molecular formula is C8H14O5. The van der Waals surface area contributed by atoms with Crippen LogP contribution in [-0.4, -0.2) is 41.8 Å². The zero-order chi connectivity index (χ0) is 10.0. The molecular weight excluding hydrogens is 176 g/mol. The van der Waals surface area contributed by atoms with Gasteiger partial charge in [0, 0.05) is 7.11 Å². The van der Waals surface area contributed by atoms with Gasteiger partial charge in [-0.3, -0.25) is 0 Å². The summed E-state index contributed by atoms with van der Waals surface area (Å²) in [5, 5.41) is 18.1. The average Bonchev–Trinajstić information content (AvgIpc) is 2.03. The van der Waals surface area contributed by atoms with Crippen LogP contribution >= 0.6 is 0 Å². The van der Waals surface area contributed by atoms with E-state index in [0.29, 0.717) is 6.42 Å². The van der Waals surface area contributed by atoms with Gasteiger partial charge in [0.2, 0.25) is 0 Å². The van der Waals surface area contributed by atoms with Crippen LogP contribution in [0.2, 0.25) is 0 Å². The number of carbonyl (C=O) groups is 1. The van der Waals surface area contributed by atoms with Crippen molar-refractivity contribution in [2.24, 2.45) is 5.92 Å². The number of hydrogen-bond acceptors (Lipinski definition) is 4. The van der Waals surface area contributed by atoms with Crippen molar-refractivity contribution in [1.82, 2.24) is 0 Å². The number of rotatable bonds is 2. The molecule has 5 heteroatoms. The Hall–Kier alpha value is -0.650. The van der Waals surface area contributed by atoms with Gasteiger partial charge in [-0.1, -0.05) is 6.92 Å². The zero-order valence-corrected chi connectivity index (χ0v) is 7.64. The van der Waals surface area contributed by atoms with Crippen molar-refractivity contribution in [2.75, 3.05) is 7.11 Å². The minimum absolute atomic E-state index is 0.195. The molecule has 0 saturated carbocycles. The maximum absolute atomic E-state index is 10.7. The van der Waals surface area contributed by atoms with Crippen molar-refractivity contribution >= 4 is 5.97 Å². The predicted molar refractivity (Wildman–Crippen MR) is 43.1 cm³/mol. The van der Waals surface area contributed by atoms with E-state index >= 15 is 0 Å². The van der Waals surface area contributed by atoms with Crippen LogP contribution in [0.4, 0.5) is 0 Å². The maximum Gasteiger partial charge on any atom is 0.333 e. The summed E-state index contributed by atoms with van der Waals surface area (Å²) in [6.45, 7) is 1.73. The van der Waals surface area contributed by atoms with E-state index < -0.39 is 24.5 Å². The summed E-state index contributed by atoms with van der Waals surface area (Å²) in [6, 6.07) is 0. The Kier molecular flexibility index (Phi) is 3.24. The number of hydrogen-bond donors (Lipinski definition) is 2. The zero-order valence-electron chi connectivity index (χ0n) is 7.64. The van der Waals surface area contributed by atoms with Crippen LogP contribution in [-0.2, 0) is 14.3 Å². The van der Waals surface area contributed by atoms with E-state index in [1.807, 2.05) is 0 Å². The molecule has 13 heavy (non-hydrogen) atoms. The third-order valence-corrected chi connectivity index (χ3v) is 2.20. The van der Waals surface area contributed by atoms with Crippen molar-refractivity contribution in [3.8, 4) is 0 Å². The van der Waals surface area contributed by atoms with Crippen molar-refractivity contribution in [1.29, 1.82) is 0 Å². The molecule has 1 fully saturated rings. The highest BCUT2D eigenvalue weighted by molar-refractivity contribution is 5.72. The Labute approximate surface area is 76.3 Å². The fourth-order valence-electron chi connectivity index (χ4n) is 1.50. The Bertz CT molecular complexity index is 193. The second-order valence-electron chi connectivity index (χ2n) is 3.28. The molecule has 1 aliphatic rings. The van der Waals surface area contributed by atoms with E-state index in [4.69, 9.17) is 14.6 Å². The molecule has 5 nitrogen and oxygen atoms in total. The van der Waals surface area contributed by atoms with Gasteiger partial charge in [0.1, 0.15) is 6.10 Å². The molecule has 0 amide bonds. The van der Waals surface area contributed by atoms with E-state index in [-0.39, 0.29) is 5.92 Å². The molecule has 76 valence electrons. The first-order valence-electron chi connectivity index (χ1n) is 4.15. The molecule has 0 aliphatic carbocycles. The molecule has 0 aromatic heterocycles. The summed E-state index contributed by atoms with van der Waals surface area (Å²) in [6.07, 6.45) is -2.06. The largest absolute Gasteiger partial charge is 0.479 e. The Balaban J connectivity index is 2.63. The topological polar surface area (TPSA) is 76.0 Å². The number of ether oxygens (including phenoxy) is 2.